The third kappa shape index (κ3) is 6.01. The van der Waals surface area contributed by atoms with Gasteiger partial charge < -0.3 is 34.1 Å². The minimum Gasteiger partial charge on any atom is -0.508 e. The second-order valence-electron chi connectivity index (χ2n) is 10.1. The highest BCUT2D eigenvalue weighted by Gasteiger charge is 2.30. The molecule has 0 amide bonds. The molecule has 0 bridgehead atoms. The van der Waals surface area contributed by atoms with Gasteiger partial charge in [0.15, 0.2) is 6.23 Å². The Morgan fingerprint density at radius 2 is 2.00 bits per heavy atom. The first-order chi connectivity index (χ1) is 18.4. The lowest BCUT2D eigenvalue weighted by Crippen LogP contribution is -2.52. The highest BCUT2D eigenvalue weighted by Crippen LogP contribution is 2.36. The van der Waals surface area contributed by atoms with Crippen LogP contribution in [0.3, 0.4) is 0 Å². The van der Waals surface area contributed by atoms with Gasteiger partial charge in [-0.1, -0.05) is 0 Å². The summed E-state index contributed by atoms with van der Waals surface area (Å²) in [5.74, 6) is 0.875. The standard InChI is InChI=1S/C27H37N5O6/c1-17(33)9-11-36-16-18(2)38-27-28-22(13-24(29-27)31-14-20(15-31)35-3)26-21-12-19(34)7-8-23(21)32(30-26)25-6-4-5-10-37-25/h7-8,12-13,17-18,20,25,33-34H,4-6,9-11,14-16H2,1-3H3. The Labute approximate surface area is 222 Å². The molecule has 4 heterocycles. The van der Waals surface area contributed by atoms with Crippen LogP contribution in [0.1, 0.15) is 45.8 Å². The molecule has 2 aromatic heterocycles. The van der Waals surface area contributed by atoms with Crippen LogP contribution < -0.4 is 9.64 Å². The Kier molecular flexibility index (Phi) is 8.27. The third-order valence-corrected chi connectivity index (χ3v) is 6.90. The van der Waals surface area contributed by atoms with E-state index in [4.69, 9.17) is 29.0 Å². The number of fused-ring (bicyclic) bond motifs is 1. The lowest BCUT2D eigenvalue weighted by atomic mass is 10.1. The van der Waals surface area contributed by atoms with E-state index in [1.165, 1.54) is 0 Å². The molecule has 38 heavy (non-hydrogen) atoms. The second-order valence-corrected chi connectivity index (χ2v) is 10.1. The molecule has 3 aromatic rings. The molecule has 2 aliphatic heterocycles. The van der Waals surface area contributed by atoms with Crippen molar-refractivity contribution < 1.29 is 29.2 Å². The number of aliphatic hydroxyl groups is 1. The first-order valence-electron chi connectivity index (χ1n) is 13.3. The van der Waals surface area contributed by atoms with Crippen LogP contribution in [0.15, 0.2) is 24.3 Å². The number of benzene rings is 1. The predicted octanol–water partition coefficient (Wildman–Crippen LogP) is 3.29. The number of ether oxygens (including phenoxy) is 4. The van der Waals surface area contributed by atoms with E-state index in [2.05, 4.69) is 9.88 Å². The summed E-state index contributed by atoms with van der Waals surface area (Å²) in [5.41, 5.74) is 2.09. The van der Waals surface area contributed by atoms with Crippen molar-refractivity contribution in [3.8, 4) is 23.1 Å². The summed E-state index contributed by atoms with van der Waals surface area (Å²) in [6, 6.07) is 7.37. The number of phenols is 1. The van der Waals surface area contributed by atoms with E-state index in [1.807, 2.05) is 23.7 Å². The first kappa shape index (κ1) is 26.6. The average molecular weight is 528 g/mol. The zero-order valence-electron chi connectivity index (χ0n) is 22.2. The monoisotopic (exact) mass is 527 g/mol. The highest BCUT2D eigenvalue weighted by atomic mass is 16.5. The van der Waals surface area contributed by atoms with Crippen molar-refractivity contribution in [2.75, 3.05) is 44.9 Å². The van der Waals surface area contributed by atoms with Gasteiger partial charge in [-0.15, -0.1) is 0 Å². The number of anilines is 1. The maximum atomic E-state index is 10.3. The van der Waals surface area contributed by atoms with Crippen molar-refractivity contribution >= 4 is 16.7 Å². The van der Waals surface area contributed by atoms with Crippen LogP contribution in [0, 0.1) is 0 Å². The van der Waals surface area contributed by atoms with Crippen molar-refractivity contribution in [2.24, 2.45) is 0 Å². The number of rotatable bonds is 11. The van der Waals surface area contributed by atoms with Gasteiger partial charge in [-0.25, -0.2) is 4.68 Å². The molecule has 0 spiro atoms. The third-order valence-electron chi connectivity index (χ3n) is 6.90. The van der Waals surface area contributed by atoms with Gasteiger partial charge in [0, 0.05) is 44.9 Å². The Hall–Kier alpha value is -2.99. The molecule has 5 rings (SSSR count). The highest BCUT2D eigenvalue weighted by molar-refractivity contribution is 5.93. The maximum absolute atomic E-state index is 10.3. The topological polar surface area (TPSA) is 124 Å². The first-order valence-corrected chi connectivity index (χ1v) is 13.3. The Bertz CT molecular complexity index is 1220. The molecule has 0 radical (unpaired) electrons. The molecule has 3 unspecified atom stereocenters. The zero-order valence-corrected chi connectivity index (χ0v) is 22.2. The molecule has 0 aliphatic carbocycles. The van der Waals surface area contributed by atoms with Crippen molar-refractivity contribution in [3.05, 3.63) is 24.3 Å². The number of aliphatic hydroxyl groups excluding tert-OH is 1. The van der Waals surface area contributed by atoms with E-state index in [0.717, 1.165) is 49.1 Å². The van der Waals surface area contributed by atoms with E-state index in [9.17, 15) is 10.2 Å². The molecular formula is C27H37N5O6. The fourth-order valence-electron chi connectivity index (χ4n) is 4.69. The summed E-state index contributed by atoms with van der Waals surface area (Å²) < 4.78 is 25.1. The van der Waals surface area contributed by atoms with Gasteiger partial charge in [0.2, 0.25) is 0 Å². The Morgan fingerprint density at radius 3 is 2.74 bits per heavy atom. The molecule has 3 atom stereocenters. The lowest BCUT2D eigenvalue weighted by molar-refractivity contribution is -0.0365. The molecule has 11 nitrogen and oxygen atoms in total. The smallest absolute Gasteiger partial charge is 0.319 e. The largest absolute Gasteiger partial charge is 0.508 e. The molecule has 2 fully saturated rings. The van der Waals surface area contributed by atoms with E-state index >= 15 is 0 Å². The van der Waals surface area contributed by atoms with E-state index in [0.29, 0.717) is 37.6 Å². The fraction of sp³-hybridized carbons (Fsp3) is 0.593. The van der Waals surface area contributed by atoms with Gasteiger partial charge in [-0.2, -0.15) is 15.1 Å². The van der Waals surface area contributed by atoms with Gasteiger partial charge in [-0.3, -0.25) is 0 Å². The van der Waals surface area contributed by atoms with E-state index < -0.39 is 6.10 Å². The van der Waals surface area contributed by atoms with Crippen LogP contribution in [0.4, 0.5) is 5.82 Å². The van der Waals surface area contributed by atoms with Crippen LogP contribution in [-0.2, 0) is 14.2 Å². The molecule has 206 valence electrons. The quantitative estimate of drug-likeness (QED) is 0.359. The summed E-state index contributed by atoms with van der Waals surface area (Å²) in [6.45, 7) is 6.55. The number of methoxy groups -OCH3 is 1. The number of hydrogen-bond acceptors (Lipinski definition) is 10. The van der Waals surface area contributed by atoms with Gasteiger partial charge >= 0.3 is 6.01 Å². The number of phenolic OH excluding ortho intramolecular Hbond substituents is 1. The van der Waals surface area contributed by atoms with Gasteiger partial charge in [0.05, 0.1) is 24.3 Å². The molecule has 2 saturated heterocycles. The van der Waals surface area contributed by atoms with Crippen molar-refractivity contribution in [1.29, 1.82) is 0 Å². The van der Waals surface area contributed by atoms with Gasteiger partial charge in [-0.05, 0) is 57.7 Å². The fourth-order valence-corrected chi connectivity index (χ4v) is 4.69. The minimum absolute atomic E-state index is 0.152. The number of nitrogens with zero attached hydrogens (tertiary/aromatic N) is 5. The number of aromatic hydroxyl groups is 1. The van der Waals surface area contributed by atoms with Crippen molar-refractivity contribution in [3.63, 3.8) is 0 Å². The summed E-state index contributed by atoms with van der Waals surface area (Å²) in [7, 11) is 1.71. The summed E-state index contributed by atoms with van der Waals surface area (Å²) in [4.78, 5) is 11.5. The molecule has 2 N–H and O–H groups in total. The average Bonchev–Trinajstić information content (AvgIpc) is 3.25. The summed E-state index contributed by atoms with van der Waals surface area (Å²) in [6.07, 6.45) is 2.82. The van der Waals surface area contributed by atoms with Crippen LogP contribution in [0.5, 0.6) is 11.8 Å². The Morgan fingerprint density at radius 1 is 1.16 bits per heavy atom. The van der Waals surface area contributed by atoms with E-state index in [-0.39, 0.29) is 30.2 Å². The number of aromatic nitrogens is 4. The molecule has 11 heteroatoms. The van der Waals surface area contributed by atoms with Gasteiger partial charge in [0.25, 0.3) is 0 Å². The maximum Gasteiger partial charge on any atom is 0.319 e. The SMILES string of the molecule is COC1CN(c2cc(-c3nn(C4CCCCO4)c4ccc(O)cc34)nc(OC(C)COCCC(C)O)n2)C1. The number of hydrogen-bond donors (Lipinski definition) is 2. The van der Waals surface area contributed by atoms with Crippen LogP contribution >= 0.6 is 0 Å². The van der Waals surface area contributed by atoms with Crippen molar-refractivity contribution in [2.45, 2.75) is 64.1 Å². The molecule has 2 aliphatic rings. The Balaban J connectivity index is 1.47. The van der Waals surface area contributed by atoms with Gasteiger partial charge in [0.1, 0.15) is 29.1 Å². The van der Waals surface area contributed by atoms with Crippen LogP contribution in [-0.4, -0.2) is 88.3 Å². The summed E-state index contributed by atoms with van der Waals surface area (Å²) in [5, 5.41) is 25.5. The minimum atomic E-state index is -0.408. The second kappa shape index (κ2) is 11.8. The van der Waals surface area contributed by atoms with Crippen molar-refractivity contribution in [1.82, 2.24) is 19.7 Å². The molecular weight excluding hydrogens is 490 g/mol. The normalized spacial score (nSPS) is 19.9. The predicted molar refractivity (Wildman–Crippen MR) is 141 cm³/mol. The summed E-state index contributed by atoms with van der Waals surface area (Å²) >= 11 is 0. The molecule has 0 saturated carbocycles. The van der Waals surface area contributed by atoms with Crippen LogP contribution in [0.25, 0.3) is 22.3 Å². The van der Waals surface area contributed by atoms with E-state index in [1.54, 1.807) is 26.2 Å². The van der Waals surface area contributed by atoms with Crippen LogP contribution in [0.2, 0.25) is 0 Å². The zero-order chi connectivity index (χ0) is 26.6. The lowest BCUT2D eigenvalue weighted by Gasteiger charge is -2.39. The molecule has 1 aromatic carbocycles.